The predicted molar refractivity (Wildman–Crippen MR) is 82.6 cm³/mol. The Labute approximate surface area is 115 Å². The van der Waals surface area contributed by atoms with Gasteiger partial charge in [-0.2, -0.15) is 0 Å². The highest BCUT2D eigenvalue weighted by Crippen LogP contribution is 2.52. The highest BCUT2D eigenvalue weighted by molar-refractivity contribution is 5.07. The van der Waals surface area contributed by atoms with Crippen LogP contribution >= 0.6 is 0 Å². The number of rotatable bonds is 6. The summed E-state index contributed by atoms with van der Waals surface area (Å²) < 4.78 is 0. The highest BCUT2D eigenvalue weighted by Gasteiger charge is 2.47. The van der Waals surface area contributed by atoms with E-state index >= 15 is 0 Å². The van der Waals surface area contributed by atoms with Gasteiger partial charge in [0.1, 0.15) is 0 Å². The molecule has 0 nitrogen and oxygen atoms in total. The SMILES string of the molecule is CC(C)=C(C)CC(C)CC(C)C(C)C1C(C)C1C. The maximum Gasteiger partial charge on any atom is -0.0295 e. The van der Waals surface area contributed by atoms with Crippen LogP contribution in [0.1, 0.15) is 68.2 Å². The van der Waals surface area contributed by atoms with E-state index in [0.717, 1.165) is 35.5 Å². The molecule has 0 aromatic carbocycles. The van der Waals surface area contributed by atoms with Gasteiger partial charge in [0.15, 0.2) is 0 Å². The summed E-state index contributed by atoms with van der Waals surface area (Å²) in [6.07, 6.45) is 2.68. The van der Waals surface area contributed by atoms with Crippen molar-refractivity contribution < 1.29 is 0 Å². The summed E-state index contributed by atoms with van der Waals surface area (Å²) in [4.78, 5) is 0. The molecule has 106 valence electrons. The van der Waals surface area contributed by atoms with Gasteiger partial charge in [-0.15, -0.1) is 0 Å². The zero-order chi connectivity index (χ0) is 14.0. The Hall–Kier alpha value is -0.260. The molecule has 1 saturated carbocycles. The molecule has 0 amide bonds. The van der Waals surface area contributed by atoms with Crippen LogP contribution in [0.4, 0.5) is 0 Å². The summed E-state index contributed by atoms with van der Waals surface area (Å²) in [7, 11) is 0. The summed E-state index contributed by atoms with van der Waals surface area (Å²) in [6, 6.07) is 0. The van der Waals surface area contributed by atoms with Crippen molar-refractivity contribution in [2.75, 3.05) is 0 Å². The van der Waals surface area contributed by atoms with E-state index in [9.17, 15) is 0 Å². The molecule has 0 radical (unpaired) electrons. The molecule has 0 saturated heterocycles. The van der Waals surface area contributed by atoms with Gasteiger partial charge < -0.3 is 0 Å². The standard InChI is InChI=1S/C18H34/c1-11(2)13(4)9-12(3)10-14(5)15(6)18-16(7)17(18)8/h12,14-18H,9-10H2,1-8H3. The fourth-order valence-corrected chi connectivity index (χ4v) is 3.70. The molecule has 1 fully saturated rings. The lowest BCUT2D eigenvalue weighted by Gasteiger charge is -2.24. The minimum atomic E-state index is 0.835. The first-order chi connectivity index (χ1) is 8.25. The molecule has 0 aliphatic heterocycles. The lowest BCUT2D eigenvalue weighted by molar-refractivity contribution is 0.272. The third-order valence-electron chi connectivity index (χ3n) is 5.69. The van der Waals surface area contributed by atoms with Gasteiger partial charge in [-0.25, -0.2) is 0 Å². The first-order valence-electron chi connectivity index (χ1n) is 7.88. The summed E-state index contributed by atoms with van der Waals surface area (Å²) in [5.74, 6) is 5.56. The van der Waals surface area contributed by atoms with E-state index in [4.69, 9.17) is 0 Å². The van der Waals surface area contributed by atoms with E-state index in [1.165, 1.54) is 18.4 Å². The first kappa shape index (κ1) is 15.8. The second-order valence-corrected chi connectivity index (χ2v) is 7.46. The van der Waals surface area contributed by atoms with Crippen LogP contribution in [0.5, 0.6) is 0 Å². The normalized spacial score (nSPS) is 31.7. The molecule has 5 unspecified atom stereocenters. The zero-order valence-electron chi connectivity index (χ0n) is 13.9. The van der Waals surface area contributed by atoms with Gasteiger partial charge in [-0.3, -0.25) is 0 Å². The lowest BCUT2D eigenvalue weighted by Crippen LogP contribution is -2.15. The topological polar surface area (TPSA) is 0 Å². The number of allylic oxidation sites excluding steroid dienone is 2. The fraction of sp³-hybridized carbons (Fsp3) is 0.889. The van der Waals surface area contributed by atoms with E-state index < -0.39 is 0 Å². The molecule has 1 aliphatic rings. The largest absolute Gasteiger partial charge is 0.0775 e. The van der Waals surface area contributed by atoms with E-state index in [-0.39, 0.29) is 0 Å². The Balaban J connectivity index is 2.40. The third kappa shape index (κ3) is 3.87. The summed E-state index contributed by atoms with van der Waals surface area (Å²) in [5.41, 5.74) is 3.10. The van der Waals surface area contributed by atoms with Crippen molar-refractivity contribution in [2.24, 2.45) is 35.5 Å². The van der Waals surface area contributed by atoms with Crippen molar-refractivity contribution in [3.63, 3.8) is 0 Å². The van der Waals surface area contributed by atoms with Crippen LogP contribution in [0, 0.1) is 35.5 Å². The molecule has 5 atom stereocenters. The number of hydrogen-bond donors (Lipinski definition) is 0. The Morgan fingerprint density at radius 3 is 1.83 bits per heavy atom. The third-order valence-corrected chi connectivity index (χ3v) is 5.69. The Kier molecular flexibility index (Phi) is 5.49. The van der Waals surface area contributed by atoms with Crippen LogP contribution in [0.15, 0.2) is 11.1 Å². The van der Waals surface area contributed by atoms with Crippen LogP contribution in [-0.2, 0) is 0 Å². The smallest absolute Gasteiger partial charge is 0.0295 e. The lowest BCUT2D eigenvalue weighted by atomic mass is 9.81. The molecule has 1 rings (SSSR count). The Bertz CT molecular complexity index is 287. The second kappa shape index (κ2) is 6.26. The van der Waals surface area contributed by atoms with Crippen LogP contribution in [-0.4, -0.2) is 0 Å². The van der Waals surface area contributed by atoms with Crippen molar-refractivity contribution in [1.82, 2.24) is 0 Å². The van der Waals surface area contributed by atoms with Crippen LogP contribution in [0.2, 0.25) is 0 Å². The molecular weight excluding hydrogens is 216 g/mol. The zero-order valence-corrected chi connectivity index (χ0v) is 13.9. The van der Waals surface area contributed by atoms with E-state index in [0.29, 0.717) is 0 Å². The summed E-state index contributed by atoms with van der Waals surface area (Å²) >= 11 is 0. The molecule has 0 heteroatoms. The first-order valence-corrected chi connectivity index (χ1v) is 7.88. The molecule has 1 aliphatic carbocycles. The quantitative estimate of drug-likeness (QED) is 0.512. The minimum Gasteiger partial charge on any atom is -0.0775 e. The van der Waals surface area contributed by atoms with Gasteiger partial charge in [0, 0.05) is 0 Å². The van der Waals surface area contributed by atoms with Crippen LogP contribution < -0.4 is 0 Å². The average Bonchev–Trinajstić information content (AvgIpc) is 2.85. The van der Waals surface area contributed by atoms with E-state index in [1.54, 1.807) is 5.57 Å². The maximum atomic E-state index is 2.48. The van der Waals surface area contributed by atoms with Crippen molar-refractivity contribution in [3.05, 3.63) is 11.1 Å². The fourth-order valence-electron chi connectivity index (χ4n) is 3.70. The van der Waals surface area contributed by atoms with Gasteiger partial charge >= 0.3 is 0 Å². The highest BCUT2D eigenvalue weighted by atomic mass is 14.5. The summed E-state index contributed by atoms with van der Waals surface area (Å²) in [6.45, 7) is 19.0. The molecule has 0 heterocycles. The molecule has 0 aromatic rings. The van der Waals surface area contributed by atoms with Gasteiger partial charge in [-0.1, -0.05) is 45.8 Å². The molecule has 0 aromatic heterocycles. The van der Waals surface area contributed by atoms with Gasteiger partial charge in [-0.05, 0) is 69.1 Å². The van der Waals surface area contributed by atoms with E-state index in [1.807, 2.05) is 0 Å². The number of hydrogen-bond acceptors (Lipinski definition) is 0. The van der Waals surface area contributed by atoms with Crippen molar-refractivity contribution >= 4 is 0 Å². The molecule has 0 spiro atoms. The second-order valence-electron chi connectivity index (χ2n) is 7.46. The average molecular weight is 250 g/mol. The van der Waals surface area contributed by atoms with Gasteiger partial charge in [0.05, 0.1) is 0 Å². The Morgan fingerprint density at radius 2 is 1.44 bits per heavy atom. The monoisotopic (exact) mass is 250 g/mol. The van der Waals surface area contributed by atoms with Crippen LogP contribution in [0.3, 0.4) is 0 Å². The van der Waals surface area contributed by atoms with E-state index in [2.05, 4.69) is 55.4 Å². The van der Waals surface area contributed by atoms with Crippen molar-refractivity contribution in [2.45, 2.75) is 68.2 Å². The minimum absolute atomic E-state index is 0.835. The Morgan fingerprint density at radius 1 is 0.944 bits per heavy atom. The maximum absolute atomic E-state index is 2.48. The molecular formula is C18H34. The van der Waals surface area contributed by atoms with Crippen molar-refractivity contribution in [1.29, 1.82) is 0 Å². The molecule has 0 bridgehead atoms. The van der Waals surface area contributed by atoms with Crippen molar-refractivity contribution in [3.8, 4) is 0 Å². The summed E-state index contributed by atoms with van der Waals surface area (Å²) in [5, 5.41) is 0. The predicted octanol–water partition coefficient (Wildman–Crippen LogP) is 5.93. The van der Waals surface area contributed by atoms with Gasteiger partial charge in [0.25, 0.3) is 0 Å². The molecule has 0 N–H and O–H groups in total. The van der Waals surface area contributed by atoms with Gasteiger partial charge in [0.2, 0.25) is 0 Å². The van der Waals surface area contributed by atoms with Crippen LogP contribution in [0.25, 0.3) is 0 Å². The molecule has 18 heavy (non-hydrogen) atoms.